The molecule has 3 aromatic rings. The molecule has 24 heavy (non-hydrogen) atoms. The first-order valence-electron chi connectivity index (χ1n) is 8.16. The normalized spacial score (nSPS) is 17.1. The van der Waals surface area contributed by atoms with Gasteiger partial charge in [-0.1, -0.05) is 30.3 Å². The number of rotatable bonds is 2. The van der Waals surface area contributed by atoms with Crippen molar-refractivity contribution in [1.82, 2.24) is 14.9 Å². The molecule has 5 nitrogen and oxygen atoms in total. The fraction of sp³-hybridized carbons (Fsp3) is 0.263. The Bertz CT molecular complexity index is 864. The van der Waals surface area contributed by atoms with Crippen molar-refractivity contribution < 1.29 is 9.90 Å². The van der Waals surface area contributed by atoms with Crippen LogP contribution in [0.5, 0.6) is 0 Å². The summed E-state index contributed by atoms with van der Waals surface area (Å²) in [7, 11) is 0. The quantitative estimate of drug-likeness (QED) is 0.762. The molecule has 2 N–H and O–H groups in total. The zero-order chi connectivity index (χ0) is 16.6. The van der Waals surface area contributed by atoms with Gasteiger partial charge in [-0.25, -0.2) is 4.98 Å². The number of benzene rings is 2. The number of aliphatic hydroxyl groups is 1. The number of carbonyl (C=O) groups excluding carboxylic acids is 1. The smallest absolute Gasteiger partial charge is 0.253 e. The summed E-state index contributed by atoms with van der Waals surface area (Å²) < 4.78 is 0. The molecule has 0 atom stereocenters. The molecule has 2 aromatic carbocycles. The number of likely N-dealkylation sites (tertiary alicyclic amines) is 1. The third-order valence-corrected chi connectivity index (χ3v) is 4.86. The van der Waals surface area contributed by atoms with Crippen LogP contribution < -0.4 is 0 Å². The lowest BCUT2D eigenvalue weighted by Crippen LogP contribution is -2.45. The van der Waals surface area contributed by atoms with Crippen LogP contribution in [-0.4, -0.2) is 39.0 Å². The highest BCUT2D eigenvalue weighted by molar-refractivity contribution is 5.97. The van der Waals surface area contributed by atoms with Crippen LogP contribution >= 0.6 is 0 Å². The maximum atomic E-state index is 12.7. The lowest BCUT2D eigenvalue weighted by molar-refractivity contribution is -0.0211. The molecule has 0 bridgehead atoms. The van der Waals surface area contributed by atoms with Crippen LogP contribution in [0.2, 0.25) is 0 Å². The minimum atomic E-state index is -0.842. The van der Waals surface area contributed by atoms with Gasteiger partial charge in [-0.05, 0) is 36.6 Å². The van der Waals surface area contributed by atoms with E-state index in [-0.39, 0.29) is 5.91 Å². The van der Waals surface area contributed by atoms with Gasteiger partial charge < -0.3 is 15.0 Å². The largest absolute Gasteiger partial charge is 0.385 e. The molecule has 122 valence electrons. The Morgan fingerprint density at radius 2 is 1.88 bits per heavy atom. The summed E-state index contributed by atoms with van der Waals surface area (Å²) >= 11 is 0. The summed E-state index contributed by atoms with van der Waals surface area (Å²) in [5.41, 5.74) is 2.45. The molecule has 0 aliphatic carbocycles. The minimum absolute atomic E-state index is 0.00149. The topological polar surface area (TPSA) is 69.2 Å². The van der Waals surface area contributed by atoms with Gasteiger partial charge in [0.25, 0.3) is 5.91 Å². The summed E-state index contributed by atoms with van der Waals surface area (Å²) in [5, 5.41) is 10.9. The minimum Gasteiger partial charge on any atom is -0.385 e. The van der Waals surface area contributed by atoms with Crippen LogP contribution in [0.1, 0.15) is 28.8 Å². The van der Waals surface area contributed by atoms with Crippen molar-refractivity contribution in [3.63, 3.8) is 0 Å². The van der Waals surface area contributed by atoms with E-state index in [2.05, 4.69) is 9.97 Å². The Kier molecular flexibility index (Phi) is 3.58. The number of H-pyrrole nitrogens is 1. The van der Waals surface area contributed by atoms with E-state index in [9.17, 15) is 9.90 Å². The molecule has 2 heterocycles. The molecule has 1 aliphatic rings. The van der Waals surface area contributed by atoms with Gasteiger partial charge in [0, 0.05) is 18.7 Å². The molecule has 0 saturated carbocycles. The Labute approximate surface area is 139 Å². The first-order chi connectivity index (χ1) is 11.7. The number of nitrogens with one attached hydrogen (secondary N) is 1. The Hall–Kier alpha value is -2.66. The zero-order valence-electron chi connectivity index (χ0n) is 13.3. The standard InChI is InChI=1S/C19H19N3O2/c23-18(14-6-7-16-17(12-14)21-13-20-16)22-10-8-19(24,9-11-22)15-4-2-1-3-5-15/h1-7,12-13,24H,8-11H2,(H,20,21). The number of hydrogen-bond donors (Lipinski definition) is 2. The van der Waals surface area contributed by atoms with Gasteiger partial charge in [0.2, 0.25) is 0 Å². The highest BCUT2D eigenvalue weighted by Crippen LogP contribution is 2.33. The van der Waals surface area contributed by atoms with E-state index >= 15 is 0 Å². The first-order valence-corrected chi connectivity index (χ1v) is 8.16. The van der Waals surface area contributed by atoms with E-state index < -0.39 is 5.60 Å². The van der Waals surface area contributed by atoms with Gasteiger partial charge in [-0.3, -0.25) is 4.79 Å². The number of hydrogen-bond acceptors (Lipinski definition) is 3. The number of imidazole rings is 1. The van der Waals surface area contributed by atoms with E-state index in [1.807, 2.05) is 53.4 Å². The van der Waals surface area contributed by atoms with Gasteiger partial charge in [0.15, 0.2) is 0 Å². The number of amides is 1. The number of carbonyl (C=O) groups is 1. The van der Waals surface area contributed by atoms with E-state index in [0.717, 1.165) is 16.6 Å². The summed E-state index contributed by atoms with van der Waals surface area (Å²) in [6.07, 6.45) is 2.73. The third-order valence-electron chi connectivity index (χ3n) is 4.86. The summed E-state index contributed by atoms with van der Waals surface area (Å²) in [6, 6.07) is 15.2. The molecule has 1 amide bonds. The second-order valence-corrected chi connectivity index (χ2v) is 6.32. The highest BCUT2D eigenvalue weighted by Gasteiger charge is 2.35. The van der Waals surface area contributed by atoms with Crippen molar-refractivity contribution in [3.8, 4) is 0 Å². The summed E-state index contributed by atoms with van der Waals surface area (Å²) in [5.74, 6) is 0.00149. The van der Waals surface area contributed by atoms with Crippen LogP contribution in [0, 0.1) is 0 Å². The highest BCUT2D eigenvalue weighted by atomic mass is 16.3. The Morgan fingerprint density at radius 1 is 1.12 bits per heavy atom. The Balaban J connectivity index is 1.50. The van der Waals surface area contributed by atoms with Crippen molar-refractivity contribution in [2.45, 2.75) is 18.4 Å². The average Bonchev–Trinajstić information content (AvgIpc) is 3.10. The van der Waals surface area contributed by atoms with Crippen molar-refractivity contribution >= 4 is 16.9 Å². The van der Waals surface area contributed by atoms with Gasteiger partial charge in [-0.2, -0.15) is 0 Å². The molecule has 1 saturated heterocycles. The van der Waals surface area contributed by atoms with Crippen molar-refractivity contribution in [3.05, 3.63) is 66.0 Å². The van der Waals surface area contributed by atoms with Crippen molar-refractivity contribution in [2.75, 3.05) is 13.1 Å². The van der Waals surface area contributed by atoms with Gasteiger partial charge in [-0.15, -0.1) is 0 Å². The molecule has 0 unspecified atom stereocenters. The number of aromatic nitrogens is 2. The predicted molar refractivity (Wildman–Crippen MR) is 91.6 cm³/mol. The molecule has 0 radical (unpaired) electrons. The number of aromatic amines is 1. The second-order valence-electron chi connectivity index (χ2n) is 6.32. The van der Waals surface area contributed by atoms with Crippen LogP contribution in [0.25, 0.3) is 11.0 Å². The first kappa shape index (κ1) is 14.9. The van der Waals surface area contributed by atoms with E-state index in [1.54, 1.807) is 6.33 Å². The maximum absolute atomic E-state index is 12.7. The van der Waals surface area contributed by atoms with E-state index in [4.69, 9.17) is 0 Å². The van der Waals surface area contributed by atoms with Crippen molar-refractivity contribution in [2.24, 2.45) is 0 Å². The molecular weight excluding hydrogens is 302 g/mol. The second kappa shape index (κ2) is 5.76. The van der Waals surface area contributed by atoms with E-state index in [0.29, 0.717) is 31.5 Å². The van der Waals surface area contributed by atoms with Gasteiger partial charge >= 0.3 is 0 Å². The lowest BCUT2D eigenvalue weighted by Gasteiger charge is -2.38. The summed E-state index contributed by atoms with van der Waals surface area (Å²) in [4.78, 5) is 21.7. The van der Waals surface area contributed by atoms with Gasteiger partial charge in [0.1, 0.15) is 0 Å². The predicted octanol–water partition coefficient (Wildman–Crippen LogP) is 2.69. The zero-order valence-corrected chi connectivity index (χ0v) is 13.3. The van der Waals surface area contributed by atoms with Crippen LogP contribution in [0.3, 0.4) is 0 Å². The number of fused-ring (bicyclic) bond motifs is 1. The summed E-state index contributed by atoms with van der Waals surface area (Å²) in [6.45, 7) is 1.09. The van der Waals surface area contributed by atoms with Crippen LogP contribution in [-0.2, 0) is 5.60 Å². The SMILES string of the molecule is O=C(c1ccc2nc[nH]c2c1)N1CCC(O)(c2ccccc2)CC1. The molecule has 1 fully saturated rings. The third kappa shape index (κ3) is 2.57. The lowest BCUT2D eigenvalue weighted by atomic mass is 9.84. The Morgan fingerprint density at radius 3 is 2.62 bits per heavy atom. The van der Waals surface area contributed by atoms with Crippen LogP contribution in [0.15, 0.2) is 54.9 Å². The molecule has 5 heteroatoms. The average molecular weight is 321 g/mol. The van der Waals surface area contributed by atoms with Crippen LogP contribution in [0.4, 0.5) is 0 Å². The molecule has 1 aliphatic heterocycles. The fourth-order valence-corrected chi connectivity index (χ4v) is 3.37. The molecule has 4 rings (SSSR count). The molecule has 0 spiro atoms. The number of piperidine rings is 1. The van der Waals surface area contributed by atoms with Gasteiger partial charge in [0.05, 0.1) is 23.0 Å². The number of nitrogens with zero attached hydrogens (tertiary/aromatic N) is 2. The monoisotopic (exact) mass is 321 g/mol. The maximum Gasteiger partial charge on any atom is 0.253 e. The molecule has 1 aromatic heterocycles. The molecular formula is C19H19N3O2. The van der Waals surface area contributed by atoms with Crippen molar-refractivity contribution in [1.29, 1.82) is 0 Å². The van der Waals surface area contributed by atoms with E-state index in [1.165, 1.54) is 0 Å². The fourth-order valence-electron chi connectivity index (χ4n) is 3.37.